The number of hydrogen-bond donors (Lipinski definition) is 1. The van der Waals surface area contributed by atoms with Crippen molar-refractivity contribution in [1.29, 1.82) is 0 Å². The van der Waals surface area contributed by atoms with Gasteiger partial charge in [-0.3, -0.25) is 0 Å². The molecule has 1 aromatic carbocycles. The zero-order valence-electron chi connectivity index (χ0n) is 12.1. The predicted octanol–water partition coefficient (Wildman–Crippen LogP) is 3.57. The molecule has 1 rings (SSSR count). The molecule has 0 aromatic heterocycles. The number of rotatable bonds is 8. The van der Waals surface area contributed by atoms with Crippen LogP contribution in [0, 0.1) is 0 Å². The average molecular weight is 369 g/mol. The van der Waals surface area contributed by atoms with Gasteiger partial charge in [0.2, 0.25) is 0 Å². The predicted molar refractivity (Wildman–Crippen MR) is 81.7 cm³/mol. The third kappa shape index (κ3) is 7.15. The van der Waals surface area contributed by atoms with Gasteiger partial charge in [0.15, 0.2) is 0 Å². The van der Waals surface area contributed by atoms with Gasteiger partial charge in [-0.2, -0.15) is 13.2 Å². The topological polar surface area (TPSA) is 24.5 Å². The summed E-state index contributed by atoms with van der Waals surface area (Å²) in [4.78, 5) is 1.63. The first-order chi connectivity index (χ1) is 9.83. The Bertz CT molecular complexity index is 441. The minimum absolute atomic E-state index is 0.0593. The Balaban J connectivity index is 2.70. The highest BCUT2D eigenvalue weighted by Gasteiger charge is 2.27. The van der Waals surface area contributed by atoms with Gasteiger partial charge in [0, 0.05) is 44.0 Å². The van der Waals surface area contributed by atoms with E-state index in [0.29, 0.717) is 19.7 Å². The van der Waals surface area contributed by atoms with Gasteiger partial charge < -0.3 is 15.0 Å². The van der Waals surface area contributed by atoms with Crippen LogP contribution in [0.5, 0.6) is 0 Å². The normalized spacial score (nSPS) is 11.7. The molecule has 0 spiro atoms. The smallest absolute Gasteiger partial charge is 0.383 e. The Kier molecular flexibility index (Phi) is 7.48. The van der Waals surface area contributed by atoms with Crippen molar-refractivity contribution >= 4 is 21.6 Å². The summed E-state index contributed by atoms with van der Waals surface area (Å²) in [6.07, 6.45) is -4.96. The lowest BCUT2D eigenvalue weighted by Crippen LogP contribution is -2.26. The Morgan fingerprint density at radius 1 is 1.33 bits per heavy atom. The highest BCUT2D eigenvalue weighted by atomic mass is 79.9. The molecule has 3 nitrogen and oxygen atoms in total. The van der Waals surface area contributed by atoms with Gasteiger partial charge in [-0.15, -0.1) is 0 Å². The molecule has 7 heteroatoms. The number of hydrogen-bond acceptors (Lipinski definition) is 3. The van der Waals surface area contributed by atoms with E-state index in [1.54, 1.807) is 19.1 Å². The van der Waals surface area contributed by atoms with Crippen LogP contribution in [0.25, 0.3) is 0 Å². The molecule has 0 atom stereocenters. The van der Waals surface area contributed by atoms with Gasteiger partial charge in [0.1, 0.15) is 0 Å². The summed E-state index contributed by atoms with van der Waals surface area (Å²) in [5.74, 6) is 0. The van der Waals surface area contributed by atoms with E-state index in [2.05, 4.69) is 21.2 Å². The largest absolute Gasteiger partial charge is 0.390 e. The third-order valence-electron chi connectivity index (χ3n) is 2.98. The molecule has 1 N–H and O–H groups in total. The molecule has 120 valence electrons. The van der Waals surface area contributed by atoms with E-state index >= 15 is 0 Å². The van der Waals surface area contributed by atoms with Crippen LogP contribution in [0.2, 0.25) is 0 Å². The molecular weight excluding hydrogens is 349 g/mol. The summed E-state index contributed by atoms with van der Waals surface area (Å²) in [7, 11) is 3.30. The summed E-state index contributed by atoms with van der Waals surface area (Å²) in [5.41, 5.74) is 1.75. The van der Waals surface area contributed by atoms with E-state index in [1.165, 1.54) is 0 Å². The van der Waals surface area contributed by atoms with Crippen molar-refractivity contribution in [2.24, 2.45) is 0 Å². The zero-order valence-corrected chi connectivity index (χ0v) is 13.7. The molecule has 0 aliphatic heterocycles. The third-order valence-corrected chi connectivity index (χ3v) is 3.48. The van der Waals surface area contributed by atoms with Crippen molar-refractivity contribution in [3.63, 3.8) is 0 Å². The SMILES string of the molecule is COCCNCc1cc(Br)ccc1N(C)CCC(F)(F)F. The van der Waals surface area contributed by atoms with Gasteiger partial charge in [-0.1, -0.05) is 15.9 Å². The molecule has 0 amide bonds. The van der Waals surface area contributed by atoms with Crippen molar-refractivity contribution in [2.75, 3.05) is 38.8 Å². The lowest BCUT2D eigenvalue weighted by Gasteiger charge is -2.23. The maximum absolute atomic E-state index is 12.3. The van der Waals surface area contributed by atoms with Crippen molar-refractivity contribution in [1.82, 2.24) is 5.32 Å². The fourth-order valence-corrected chi connectivity index (χ4v) is 2.29. The lowest BCUT2D eigenvalue weighted by molar-refractivity contribution is -0.132. The van der Waals surface area contributed by atoms with Crippen molar-refractivity contribution in [3.05, 3.63) is 28.2 Å². The minimum atomic E-state index is -4.14. The number of ether oxygens (including phenoxy) is 1. The molecule has 0 saturated heterocycles. The Morgan fingerprint density at radius 2 is 2.05 bits per heavy atom. The maximum Gasteiger partial charge on any atom is 0.390 e. The van der Waals surface area contributed by atoms with E-state index in [4.69, 9.17) is 4.74 Å². The van der Waals surface area contributed by atoms with Gasteiger partial charge >= 0.3 is 6.18 Å². The number of benzene rings is 1. The number of halogens is 4. The number of nitrogens with zero attached hydrogens (tertiary/aromatic N) is 1. The second-order valence-electron chi connectivity index (χ2n) is 4.73. The maximum atomic E-state index is 12.3. The second kappa shape index (κ2) is 8.60. The van der Waals surface area contributed by atoms with Crippen LogP contribution in [-0.2, 0) is 11.3 Å². The number of alkyl halides is 3. The van der Waals surface area contributed by atoms with E-state index in [9.17, 15) is 13.2 Å². The first-order valence-corrected chi connectivity index (χ1v) is 7.39. The molecule has 1 aromatic rings. The van der Waals surface area contributed by atoms with Crippen molar-refractivity contribution in [3.8, 4) is 0 Å². The molecule has 0 heterocycles. The van der Waals surface area contributed by atoms with Gasteiger partial charge in [-0.05, 0) is 23.8 Å². The molecule has 0 radical (unpaired) electrons. The van der Waals surface area contributed by atoms with Crippen LogP contribution < -0.4 is 10.2 Å². The fourth-order valence-electron chi connectivity index (χ4n) is 1.88. The van der Waals surface area contributed by atoms with Crippen LogP contribution in [0.1, 0.15) is 12.0 Å². The van der Waals surface area contributed by atoms with Gasteiger partial charge in [0.25, 0.3) is 0 Å². The Morgan fingerprint density at radius 3 is 2.67 bits per heavy atom. The van der Waals surface area contributed by atoms with E-state index in [-0.39, 0.29) is 6.54 Å². The molecule has 0 aliphatic carbocycles. The molecular formula is C14H20BrF3N2O. The van der Waals surface area contributed by atoms with Crippen LogP contribution in [0.15, 0.2) is 22.7 Å². The zero-order chi connectivity index (χ0) is 15.9. The Hall–Kier alpha value is -0.790. The summed E-state index contributed by atoms with van der Waals surface area (Å²) in [6, 6.07) is 5.57. The van der Waals surface area contributed by atoms with Crippen molar-refractivity contribution < 1.29 is 17.9 Å². The first-order valence-electron chi connectivity index (χ1n) is 6.59. The standard InChI is InChI=1S/C14H20BrF3N2O/c1-20(7-5-14(16,17)18)13-4-3-12(15)9-11(13)10-19-6-8-21-2/h3-4,9,19H,5-8,10H2,1-2H3. The van der Waals surface area contributed by atoms with E-state index in [1.807, 2.05) is 18.2 Å². The first kappa shape index (κ1) is 18.3. The summed E-state index contributed by atoms with van der Waals surface area (Å²) >= 11 is 3.39. The lowest BCUT2D eigenvalue weighted by atomic mass is 10.1. The van der Waals surface area contributed by atoms with Gasteiger partial charge in [0.05, 0.1) is 13.0 Å². The Labute approximate surface area is 131 Å². The van der Waals surface area contributed by atoms with Crippen LogP contribution >= 0.6 is 15.9 Å². The summed E-state index contributed by atoms with van der Waals surface area (Å²) in [6.45, 7) is 1.80. The number of nitrogens with one attached hydrogen (secondary N) is 1. The molecule has 0 fully saturated rings. The second-order valence-corrected chi connectivity index (χ2v) is 5.65. The molecule has 0 aliphatic rings. The molecule has 21 heavy (non-hydrogen) atoms. The van der Waals surface area contributed by atoms with Gasteiger partial charge in [-0.25, -0.2) is 0 Å². The molecule has 0 bridgehead atoms. The van der Waals surface area contributed by atoms with Crippen LogP contribution in [0.3, 0.4) is 0 Å². The van der Waals surface area contributed by atoms with Crippen molar-refractivity contribution in [2.45, 2.75) is 19.1 Å². The summed E-state index contributed by atoms with van der Waals surface area (Å²) in [5, 5.41) is 3.20. The fraction of sp³-hybridized carbons (Fsp3) is 0.571. The minimum Gasteiger partial charge on any atom is -0.383 e. The highest BCUT2D eigenvalue weighted by Crippen LogP contribution is 2.26. The molecule has 0 saturated carbocycles. The van der Waals surface area contributed by atoms with E-state index < -0.39 is 12.6 Å². The highest BCUT2D eigenvalue weighted by molar-refractivity contribution is 9.10. The average Bonchev–Trinajstić information content (AvgIpc) is 2.40. The summed E-state index contributed by atoms with van der Waals surface area (Å²) < 4.78 is 42.8. The number of anilines is 1. The quantitative estimate of drug-likeness (QED) is 0.709. The van der Waals surface area contributed by atoms with Crippen LogP contribution in [-0.4, -0.2) is 40.0 Å². The van der Waals surface area contributed by atoms with Crippen LogP contribution in [0.4, 0.5) is 18.9 Å². The van der Waals surface area contributed by atoms with E-state index in [0.717, 1.165) is 15.7 Å². The monoisotopic (exact) mass is 368 g/mol. The number of methoxy groups -OCH3 is 1. The molecule has 0 unspecified atom stereocenters.